The van der Waals surface area contributed by atoms with E-state index in [1.54, 1.807) is 0 Å². The zero-order valence-corrected chi connectivity index (χ0v) is 18.7. The van der Waals surface area contributed by atoms with Crippen molar-refractivity contribution < 1.29 is 9.47 Å². The lowest BCUT2D eigenvalue weighted by atomic mass is 9.88. The standard InChI is InChI=1S/C22H36N4O2S/c1-3-23-22(26-11-13-28-19(16-26)18-8-5-12-27-18)24-15-17-7-4-10-25(2)21(17)20-9-6-14-29-20/h6,9,14,17-19,21H,3-5,7-8,10-13,15-16H2,1-2H3,(H,23,24). The van der Waals surface area contributed by atoms with Gasteiger partial charge in [-0.2, -0.15) is 0 Å². The molecule has 3 saturated heterocycles. The van der Waals surface area contributed by atoms with Gasteiger partial charge in [0.1, 0.15) is 6.10 Å². The fourth-order valence-corrected chi connectivity index (χ4v) is 5.96. The number of likely N-dealkylation sites (tertiary alicyclic amines) is 1. The van der Waals surface area contributed by atoms with Gasteiger partial charge in [0.15, 0.2) is 5.96 Å². The Morgan fingerprint density at radius 1 is 1.21 bits per heavy atom. The second kappa shape index (κ2) is 10.2. The Hall–Kier alpha value is -1.15. The molecule has 4 unspecified atom stereocenters. The third-order valence-corrected chi connectivity index (χ3v) is 7.37. The van der Waals surface area contributed by atoms with Crippen LogP contribution in [0.1, 0.15) is 43.5 Å². The highest BCUT2D eigenvalue weighted by Crippen LogP contribution is 2.37. The summed E-state index contributed by atoms with van der Waals surface area (Å²) in [4.78, 5) is 11.5. The first-order chi connectivity index (χ1) is 14.3. The van der Waals surface area contributed by atoms with Gasteiger partial charge in [-0.15, -0.1) is 11.3 Å². The second-order valence-electron chi connectivity index (χ2n) is 8.44. The van der Waals surface area contributed by atoms with Crippen LogP contribution in [0.15, 0.2) is 22.5 Å². The van der Waals surface area contributed by atoms with Gasteiger partial charge in [0.05, 0.1) is 12.7 Å². The Bertz CT molecular complexity index is 647. The van der Waals surface area contributed by atoms with E-state index in [0.717, 1.165) is 58.2 Å². The van der Waals surface area contributed by atoms with Crippen molar-refractivity contribution in [2.75, 3.05) is 53.0 Å². The van der Waals surface area contributed by atoms with E-state index in [9.17, 15) is 0 Å². The largest absolute Gasteiger partial charge is 0.375 e. The normalized spacial score (nSPS) is 31.9. The molecule has 4 heterocycles. The van der Waals surface area contributed by atoms with E-state index in [4.69, 9.17) is 14.5 Å². The van der Waals surface area contributed by atoms with E-state index < -0.39 is 0 Å². The number of aliphatic imine (C=N–C) groups is 1. The Morgan fingerprint density at radius 3 is 2.86 bits per heavy atom. The Morgan fingerprint density at radius 2 is 2.10 bits per heavy atom. The maximum absolute atomic E-state index is 6.04. The van der Waals surface area contributed by atoms with Gasteiger partial charge in [-0.3, -0.25) is 9.89 Å². The van der Waals surface area contributed by atoms with Crippen molar-refractivity contribution >= 4 is 17.3 Å². The lowest BCUT2D eigenvalue weighted by Gasteiger charge is -2.39. The van der Waals surface area contributed by atoms with E-state index in [1.165, 1.54) is 24.3 Å². The molecule has 1 N–H and O–H groups in total. The molecule has 3 fully saturated rings. The van der Waals surface area contributed by atoms with Gasteiger partial charge in [-0.05, 0) is 63.6 Å². The van der Waals surface area contributed by atoms with Crippen molar-refractivity contribution in [1.29, 1.82) is 0 Å². The lowest BCUT2D eigenvalue weighted by Crippen LogP contribution is -2.53. The minimum Gasteiger partial charge on any atom is -0.375 e. The van der Waals surface area contributed by atoms with Gasteiger partial charge < -0.3 is 19.7 Å². The van der Waals surface area contributed by atoms with Crippen molar-refractivity contribution in [3.8, 4) is 0 Å². The van der Waals surface area contributed by atoms with E-state index in [1.807, 2.05) is 11.3 Å². The van der Waals surface area contributed by atoms with Gasteiger partial charge in [0.2, 0.25) is 0 Å². The topological polar surface area (TPSA) is 49.3 Å². The number of hydrogen-bond donors (Lipinski definition) is 1. The van der Waals surface area contributed by atoms with Crippen LogP contribution in [0.4, 0.5) is 0 Å². The number of guanidine groups is 1. The maximum Gasteiger partial charge on any atom is 0.194 e. The molecule has 0 amide bonds. The Kier molecular flexibility index (Phi) is 7.45. The van der Waals surface area contributed by atoms with Crippen molar-refractivity contribution in [3.63, 3.8) is 0 Å². The summed E-state index contributed by atoms with van der Waals surface area (Å²) >= 11 is 1.88. The minimum atomic E-state index is 0.162. The minimum absolute atomic E-state index is 0.162. The summed E-state index contributed by atoms with van der Waals surface area (Å²) in [7, 11) is 2.26. The van der Waals surface area contributed by atoms with E-state index in [-0.39, 0.29) is 12.2 Å². The molecule has 0 saturated carbocycles. The molecule has 0 bridgehead atoms. The number of thiophene rings is 1. The fraction of sp³-hybridized carbons (Fsp3) is 0.773. The third-order valence-electron chi connectivity index (χ3n) is 6.42. The molecule has 4 atom stereocenters. The Labute approximate surface area is 179 Å². The molecular weight excluding hydrogens is 384 g/mol. The van der Waals surface area contributed by atoms with Crippen LogP contribution >= 0.6 is 11.3 Å². The van der Waals surface area contributed by atoms with E-state index in [0.29, 0.717) is 12.0 Å². The van der Waals surface area contributed by atoms with Crippen molar-refractivity contribution in [2.24, 2.45) is 10.9 Å². The monoisotopic (exact) mass is 420 g/mol. The summed E-state index contributed by atoms with van der Waals surface area (Å²) < 4.78 is 11.9. The number of piperidine rings is 1. The van der Waals surface area contributed by atoms with Gasteiger partial charge in [-0.1, -0.05) is 6.07 Å². The molecule has 162 valence electrons. The van der Waals surface area contributed by atoms with Gasteiger partial charge in [0, 0.05) is 43.7 Å². The number of nitrogens with zero attached hydrogens (tertiary/aromatic N) is 3. The summed E-state index contributed by atoms with van der Waals surface area (Å²) in [6, 6.07) is 4.94. The molecule has 0 spiro atoms. The highest BCUT2D eigenvalue weighted by atomic mass is 32.1. The summed E-state index contributed by atoms with van der Waals surface area (Å²) in [5.74, 6) is 1.60. The van der Waals surface area contributed by atoms with E-state index in [2.05, 4.69) is 46.6 Å². The first kappa shape index (κ1) is 21.1. The predicted octanol–water partition coefficient (Wildman–Crippen LogP) is 2.98. The summed E-state index contributed by atoms with van der Waals surface area (Å²) in [6.07, 6.45) is 5.18. The van der Waals surface area contributed by atoms with Crippen molar-refractivity contribution in [1.82, 2.24) is 15.1 Å². The van der Waals surface area contributed by atoms with Crippen LogP contribution in [0.5, 0.6) is 0 Å². The molecular formula is C22H36N4O2S. The molecule has 29 heavy (non-hydrogen) atoms. The molecule has 6 nitrogen and oxygen atoms in total. The fourth-order valence-electron chi connectivity index (χ4n) is 4.98. The maximum atomic E-state index is 6.04. The molecule has 0 aromatic carbocycles. The number of ether oxygens (including phenoxy) is 2. The highest BCUT2D eigenvalue weighted by molar-refractivity contribution is 7.10. The van der Waals surface area contributed by atoms with Gasteiger partial charge in [0.25, 0.3) is 0 Å². The zero-order chi connectivity index (χ0) is 20.1. The molecule has 4 rings (SSSR count). The first-order valence-electron chi connectivity index (χ1n) is 11.3. The Balaban J connectivity index is 1.44. The molecule has 0 radical (unpaired) electrons. The number of rotatable bonds is 5. The van der Waals surface area contributed by atoms with Crippen LogP contribution in [0, 0.1) is 5.92 Å². The SMILES string of the molecule is CCNC(=NCC1CCCN(C)C1c1cccs1)N1CCOC(C2CCCO2)C1. The van der Waals surface area contributed by atoms with Gasteiger partial charge >= 0.3 is 0 Å². The van der Waals surface area contributed by atoms with Crippen LogP contribution in [-0.2, 0) is 9.47 Å². The molecule has 3 aliphatic heterocycles. The average molecular weight is 421 g/mol. The molecule has 3 aliphatic rings. The zero-order valence-electron chi connectivity index (χ0n) is 17.9. The molecule has 0 aliphatic carbocycles. The molecule has 7 heteroatoms. The van der Waals surface area contributed by atoms with Crippen LogP contribution < -0.4 is 5.32 Å². The molecule has 1 aromatic rings. The van der Waals surface area contributed by atoms with Crippen molar-refractivity contribution in [3.05, 3.63) is 22.4 Å². The van der Waals surface area contributed by atoms with E-state index >= 15 is 0 Å². The number of nitrogens with one attached hydrogen (secondary N) is 1. The van der Waals surface area contributed by atoms with Crippen molar-refractivity contribution in [2.45, 2.75) is 50.9 Å². The van der Waals surface area contributed by atoms with Crippen LogP contribution in [0.25, 0.3) is 0 Å². The highest BCUT2D eigenvalue weighted by Gasteiger charge is 2.33. The predicted molar refractivity (Wildman–Crippen MR) is 119 cm³/mol. The quantitative estimate of drug-likeness (QED) is 0.586. The molecule has 1 aromatic heterocycles. The van der Waals surface area contributed by atoms with Crippen LogP contribution in [-0.4, -0.2) is 81.0 Å². The smallest absolute Gasteiger partial charge is 0.194 e. The summed E-state index contributed by atoms with van der Waals surface area (Å²) in [6.45, 7) is 8.48. The first-order valence-corrected chi connectivity index (χ1v) is 12.1. The lowest BCUT2D eigenvalue weighted by molar-refractivity contribution is -0.0817. The van der Waals surface area contributed by atoms with Crippen LogP contribution in [0.2, 0.25) is 0 Å². The summed E-state index contributed by atoms with van der Waals surface area (Å²) in [5.41, 5.74) is 0. The van der Waals surface area contributed by atoms with Crippen LogP contribution in [0.3, 0.4) is 0 Å². The third kappa shape index (κ3) is 5.13. The number of hydrogen-bond acceptors (Lipinski definition) is 5. The summed E-state index contributed by atoms with van der Waals surface area (Å²) in [5, 5.41) is 5.73. The van der Waals surface area contributed by atoms with Gasteiger partial charge in [-0.25, -0.2) is 0 Å². The average Bonchev–Trinajstić information content (AvgIpc) is 3.45. The second-order valence-corrected chi connectivity index (χ2v) is 9.42. The number of morpholine rings is 1.